The van der Waals surface area contributed by atoms with Crippen LogP contribution in [0, 0.1) is 6.92 Å². The van der Waals surface area contributed by atoms with Gasteiger partial charge in [0.1, 0.15) is 5.75 Å². The summed E-state index contributed by atoms with van der Waals surface area (Å²) in [7, 11) is 0. The monoisotopic (exact) mass is 308 g/mol. The standard InChI is InChI=1S/C18H16N2O3/c1-11-2-4-13(5-3-11)17(22)15-10-19-18(23)20-16(15)12-6-8-14(21)9-7-12/h2-10,16,21H,1H3,(H2,19,20,23). The number of Topliss-reactive ketones (excluding diaryl/α,β-unsaturated/α-hetero) is 1. The van der Waals surface area contributed by atoms with Gasteiger partial charge in [-0.15, -0.1) is 0 Å². The largest absolute Gasteiger partial charge is 0.508 e. The molecule has 2 aromatic rings. The summed E-state index contributed by atoms with van der Waals surface area (Å²) < 4.78 is 0. The first kappa shape index (κ1) is 14.8. The minimum Gasteiger partial charge on any atom is -0.508 e. The van der Waals surface area contributed by atoms with Crippen LogP contribution < -0.4 is 10.6 Å². The summed E-state index contributed by atoms with van der Waals surface area (Å²) in [6, 6.07) is 12.8. The van der Waals surface area contributed by atoms with E-state index >= 15 is 0 Å². The lowest BCUT2D eigenvalue weighted by molar-refractivity contribution is 0.102. The maximum Gasteiger partial charge on any atom is 0.319 e. The Hall–Kier alpha value is -3.08. The number of amides is 2. The second-order valence-electron chi connectivity index (χ2n) is 5.44. The van der Waals surface area contributed by atoms with E-state index in [0.29, 0.717) is 11.1 Å². The Balaban J connectivity index is 1.97. The first-order chi connectivity index (χ1) is 11.0. The van der Waals surface area contributed by atoms with Gasteiger partial charge in [-0.3, -0.25) is 4.79 Å². The van der Waals surface area contributed by atoms with E-state index in [9.17, 15) is 14.7 Å². The lowest BCUT2D eigenvalue weighted by Gasteiger charge is -2.25. The van der Waals surface area contributed by atoms with Crippen LogP contribution in [0.15, 0.2) is 60.3 Å². The Labute approximate surface area is 133 Å². The third-order valence-electron chi connectivity index (χ3n) is 3.75. The highest BCUT2D eigenvalue weighted by atomic mass is 16.3. The number of aromatic hydroxyl groups is 1. The summed E-state index contributed by atoms with van der Waals surface area (Å²) in [5.41, 5.74) is 2.80. The molecule has 116 valence electrons. The molecular formula is C18H16N2O3. The molecule has 2 aromatic carbocycles. The van der Waals surface area contributed by atoms with Crippen molar-refractivity contribution in [2.75, 3.05) is 0 Å². The van der Waals surface area contributed by atoms with Gasteiger partial charge in [0.05, 0.1) is 6.04 Å². The third kappa shape index (κ3) is 3.08. The maximum atomic E-state index is 12.8. The van der Waals surface area contributed by atoms with Gasteiger partial charge in [-0.05, 0) is 24.6 Å². The van der Waals surface area contributed by atoms with E-state index in [4.69, 9.17) is 0 Å². The molecule has 1 aliphatic rings. The van der Waals surface area contributed by atoms with E-state index < -0.39 is 6.04 Å². The molecule has 3 N–H and O–H groups in total. The molecule has 1 unspecified atom stereocenters. The number of hydrogen-bond donors (Lipinski definition) is 3. The third-order valence-corrected chi connectivity index (χ3v) is 3.75. The van der Waals surface area contributed by atoms with Gasteiger partial charge >= 0.3 is 6.03 Å². The number of carbonyl (C=O) groups excluding carboxylic acids is 2. The molecule has 1 atom stereocenters. The van der Waals surface area contributed by atoms with Crippen molar-refractivity contribution in [1.82, 2.24) is 10.6 Å². The molecule has 1 heterocycles. The number of ketones is 1. The number of urea groups is 1. The van der Waals surface area contributed by atoms with Crippen LogP contribution in [0.5, 0.6) is 5.75 Å². The number of carbonyl (C=O) groups is 2. The first-order valence-corrected chi connectivity index (χ1v) is 7.22. The molecule has 0 aliphatic carbocycles. The highest BCUT2D eigenvalue weighted by Crippen LogP contribution is 2.27. The zero-order valence-corrected chi connectivity index (χ0v) is 12.5. The number of hydrogen-bond acceptors (Lipinski definition) is 3. The summed E-state index contributed by atoms with van der Waals surface area (Å²) in [6.07, 6.45) is 1.44. The summed E-state index contributed by atoms with van der Waals surface area (Å²) >= 11 is 0. The molecule has 1 aliphatic heterocycles. The molecule has 0 saturated carbocycles. The molecule has 5 nitrogen and oxygen atoms in total. The Morgan fingerprint density at radius 3 is 2.35 bits per heavy atom. The van der Waals surface area contributed by atoms with Crippen LogP contribution in [0.25, 0.3) is 0 Å². The fourth-order valence-corrected chi connectivity index (χ4v) is 2.48. The molecule has 0 aromatic heterocycles. The Morgan fingerprint density at radius 1 is 1.04 bits per heavy atom. The predicted octanol–water partition coefficient (Wildman–Crippen LogP) is 2.82. The van der Waals surface area contributed by atoms with Crippen molar-refractivity contribution >= 4 is 11.8 Å². The van der Waals surface area contributed by atoms with Crippen molar-refractivity contribution in [2.45, 2.75) is 13.0 Å². The molecule has 0 bridgehead atoms. The van der Waals surface area contributed by atoms with Gasteiger partial charge in [0.25, 0.3) is 0 Å². The predicted molar refractivity (Wildman–Crippen MR) is 86.1 cm³/mol. The fourth-order valence-electron chi connectivity index (χ4n) is 2.48. The number of aryl methyl sites for hydroxylation is 1. The molecule has 5 heteroatoms. The van der Waals surface area contributed by atoms with Crippen molar-refractivity contribution in [3.8, 4) is 5.75 Å². The van der Waals surface area contributed by atoms with E-state index in [1.807, 2.05) is 19.1 Å². The van der Waals surface area contributed by atoms with E-state index in [2.05, 4.69) is 10.6 Å². The Morgan fingerprint density at radius 2 is 1.70 bits per heavy atom. The number of nitrogens with one attached hydrogen (secondary N) is 2. The summed E-state index contributed by atoms with van der Waals surface area (Å²) in [5.74, 6) is -0.0278. The van der Waals surface area contributed by atoms with E-state index in [1.54, 1.807) is 24.3 Å². The fraction of sp³-hybridized carbons (Fsp3) is 0.111. The molecular weight excluding hydrogens is 292 g/mol. The number of phenols is 1. The minimum atomic E-state index is -0.557. The Kier molecular flexibility index (Phi) is 3.85. The van der Waals surface area contributed by atoms with Crippen molar-refractivity contribution in [1.29, 1.82) is 0 Å². The average molecular weight is 308 g/mol. The van der Waals surface area contributed by atoms with Gasteiger partial charge in [-0.2, -0.15) is 0 Å². The van der Waals surface area contributed by atoms with Crippen molar-refractivity contribution < 1.29 is 14.7 Å². The lowest BCUT2D eigenvalue weighted by Crippen LogP contribution is -2.42. The zero-order chi connectivity index (χ0) is 16.4. The Bertz CT molecular complexity index is 777. The second-order valence-corrected chi connectivity index (χ2v) is 5.44. The van der Waals surface area contributed by atoms with Crippen LogP contribution in [-0.4, -0.2) is 16.9 Å². The quantitative estimate of drug-likeness (QED) is 0.763. The highest BCUT2D eigenvalue weighted by Gasteiger charge is 2.28. The van der Waals surface area contributed by atoms with Gasteiger partial charge in [0.15, 0.2) is 5.78 Å². The molecule has 0 spiro atoms. The summed E-state index contributed by atoms with van der Waals surface area (Å²) in [5, 5.41) is 14.7. The smallest absolute Gasteiger partial charge is 0.319 e. The van der Waals surface area contributed by atoms with Gasteiger partial charge in [-0.1, -0.05) is 42.0 Å². The topological polar surface area (TPSA) is 78.4 Å². The molecule has 23 heavy (non-hydrogen) atoms. The molecule has 2 amide bonds. The lowest BCUT2D eigenvalue weighted by atomic mass is 9.91. The van der Waals surface area contributed by atoms with Gasteiger partial charge in [0.2, 0.25) is 0 Å². The van der Waals surface area contributed by atoms with Gasteiger partial charge in [-0.25, -0.2) is 4.79 Å². The number of benzene rings is 2. The van der Waals surface area contributed by atoms with Crippen molar-refractivity contribution in [3.05, 3.63) is 77.0 Å². The van der Waals surface area contributed by atoms with E-state index in [0.717, 1.165) is 11.1 Å². The van der Waals surface area contributed by atoms with Crippen LogP contribution in [0.2, 0.25) is 0 Å². The van der Waals surface area contributed by atoms with Crippen LogP contribution in [-0.2, 0) is 0 Å². The van der Waals surface area contributed by atoms with E-state index in [1.165, 1.54) is 18.3 Å². The van der Waals surface area contributed by atoms with Crippen LogP contribution >= 0.6 is 0 Å². The molecule has 0 saturated heterocycles. The van der Waals surface area contributed by atoms with Gasteiger partial charge < -0.3 is 15.7 Å². The maximum absolute atomic E-state index is 12.8. The second kappa shape index (κ2) is 5.96. The summed E-state index contributed by atoms with van der Waals surface area (Å²) in [6.45, 7) is 1.95. The van der Waals surface area contributed by atoms with Crippen molar-refractivity contribution in [2.24, 2.45) is 0 Å². The molecule has 0 radical (unpaired) electrons. The van der Waals surface area contributed by atoms with E-state index in [-0.39, 0.29) is 17.6 Å². The highest BCUT2D eigenvalue weighted by molar-refractivity contribution is 6.10. The molecule has 0 fully saturated rings. The average Bonchev–Trinajstić information content (AvgIpc) is 2.55. The van der Waals surface area contributed by atoms with Crippen LogP contribution in [0.1, 0.15) is 27.5 Å². The van der Waals surface area contributed by atoms with Crippen LogP contribution in [0.3, 0.4) is 0 Å². The summed E-state index contributed by atoms with van der Waals surface area (Å²) in [4.78, 5) is 24.4. The van der Waals surface area contributed by atoms with Crippen LogP contribution in [0.4, 0.5) is 4.79 Å². The SMILES string of the molecule is Cc1ccc(C(=O)C2=CNC(=O)NC2c2ccc(O)cc2)cc1. The number of rotatable bonds is 3. The number of phenolic OH excluding ortho intramolecular Hbond substituents is 1. The zero-order valence-electron chi connectivity index (χ0n) is 12.5. The van der Waals surface area contributed by atoms with Crippen molar-refractivity contribution in [3.63, 3.8) is 0 Å². The minimum absolute atomic E-state index is 0.129. The first-order valence-electron chi connectivity index (χ1n) is 7.22. The molecule has 3 rings (SSSR count). The van der Waals surface area contributed by atoms with Gasteiger partial charge in [0, 0.05) is 17.3 Å². The normalized spacial score (nSPS) is 17.0.